The Balaban J connectivity index is 1.73. The summed E-state index contributed by atoms with van der Waals surface area (Å²) in [4.78, 5) is 47.9. The highest BCUT2D eigenvalue weighted by atomic mass is 35.5. The predicted octanol–water partition coefficient (Wildman–Crippen LogP) is 2.09. The first-order chi connectivity index (χ1) is 14.1. The molecule has 0 bridgehead atoms. The molecule has 0 atom stereocenters. The normalized spacial score (nSPS) is 11.3. The average Bonchev–Trinajstić information content (AvgIpc) is 2.68. The first-order valence-corrected chi connectivity index (χ1v) is 8.53. The Kier molecular flexibility index (Phi) is 5.65. The van der Waals surface area contributed by atoms with Gasteiger partial charge >= 0.3 is 11.8 Å². The van der Waals surface area contributed by atoms with Crippen LogP contribution >= 0.6 is 11.6 Å². The van der Waals surface area contributed by atoms with Gasteiger partial charge in [0.15, 0.2) is 0 Å². The summed E-state index contributed by atoms with van der Waals surface area (Å²) in [6.45, 7) is -0.866. The van der Waals surface area contributed by atoms with E-state index in [1.165, 1.54) is 12.1 Å². The van der Waals surface area contributed by atoms with Gasteiger partial charge < -0.3 is 8.98 Å². The third-order valence-electron chi connectivity index (χ3n) is 3.89. The minimum absolute atomic E-state index is 0.254. The zero-order valence-corrected chi connectivity index (χ0v) is 15.5. The summed E-state index contributed by atoms with van der Waals surface area (Å²) in [6.07, 6.45) is -4.36. The summed E-state index contributed by atoms with van der Waals surface area (Å²) in [5.41, 5.74) is 0.477. The van der Waals surface area contributed by atoms with Gasteiger partial charge in [0.1, 0.15) is 22.7 Å². The van der Waals surface area contributed by atoms with Gasteiger partial charge in [0.25, 0.3) is 17.4 Å². The molecule has 156 valence electrons. The number of nitrogens with zero attached hydrogens (tertiary/aromatic N) is 1. The molecule has 30 heavy (non-hydrogen) atoms. The van der Waals surface area contributed by atoms with Gasteiger partial charge in [-0.3, -0.25) is 25.2 Å². The van der Waals surface area contributed by atoms with Crippen molar-refractivity contribution in [2.45, 2.75) is 12.7 Å². The minimum atomic E-state index is -4.78. The SMILES string of the molecule is O=C(Cn1cc(C(F)(F)F)cc(Cl)c1=O)NNC(=O)c1cc2ccccc2oc1=O. The molecule has 0 fully saturated rings. The zero-order chi connectivity index (χ0) is 22.1. The van der Waals surface area contributed by atoms with Crippen molar-refractivity contribution in [1.29, 1.82) is 0 Å². The quantitative estimate of drug-likeness (QED) is 0.477. The number of rotatable bonds is 3. The van der Waals surface area contributed by atoms with Crippen LogP contribution in [0.1, 0.15) is 15.9 Å². The summed E-state index contributed by atoms with van der Waals surface area (Å²) in [7, 11) is 0. The highest BCUT2D eigenvalue weighted by molar-refractivity contribution is 6.30. The molecule has 3 aromatic rings. The number of hydrogen-bond acceptors (Lipinski definition) is 5. The Morgan fingerprint density at radius 2 is 1.80 bits per heavy atom. The van der Waals surface area contributed by atoms with Crippen LogP contribution in [0.4, 0.5) is 13.2 Å². The number of hydrazine groups is 1. The van der Waals surface area contributed by atoms with Gasteiger partial charge in [-0.25, -0.2) is 4.79 Å². The fraction of sp³-hybridized carbons (Fsp3) is 0.111. The van der Waals surface area contributed by atoms with E-state index in [1.807, 2.05) is 10.9 Å². The van der Waals surface area contributed by atoms with Gasteiger partial charge in [-0.1, -0.05) is 29.8 Å². The number of nitrogens with one attached hydrogen (secondary N) is 2. The lowest BCUT2D eigenvalue weighted by molar-refractivity contribution is -0.138. The van der Waals surface area contributed by atoms with Crippen molar-refractivity contribution < 1.29 is 27.2 Å². The summed E-state index contributed by atoms with van der Waals surface area (Å²) >= 11 is 5.50. The largest absolute Gasteiger partial charge is 0.422 e. The molecular formula is C18H11ClF3N3O5. The number of fused-ring (bicyclic) bond motifs is 1. The smallest absolute Gasteiger partial charge is 0.417 e. The summed E-state index contributed by atoms with van der Waals surface area (Å²) in [6, 6.07) is 8.10. The van der Waals surface area contributed by atoms with E-state index >= 15 is 0 Å². The Morgan fingerprint density at radius 3 is 2.50 bits per heavy atom. The number of pyridine rings is 1. The lowest BCUT2D eigenvalue weighted by Crippen LogP contribution is -2.45. The van der Waals surface area contributed by atoms with Gasteiger partial charge in [-0.05, 0) is 18.2 Å². The molecule has 0 aliphatic carbocycles. The van der Waals surface area contributed by atoms with Gasteiger partial charge in [-0.2, -0.15) is 13.2 Å². The Hall–Kier alpha value is -3.60. The van der Waals surface area contributed by atoms with Gasteiger partial charge in [0, 0.05) is 11.6 Å². The molecule has 12 heteroatoms. The molecule has 2 N–H and O–H groups in total. The van der Waals surface area contributed by atoms with Crippen LogP contribution in [0, 0.1) is 0 Å². The third-order valence-corrected chi connectivity index (χ3v) is 4.16. The van der Waals surface area contributed by atoms with Crippen molar-refractivity contribution in [3.05, 3.63) is 79.5 Å². The molecule has 2 amide bonds. The van der Waals surface area contributed by atoms with Crippen LogP contribution in [0.3, 0.4) is 0 Å². The molecule has 0 unspecified atom stereocenters. The molecule has 8 nitrogen and oxygen atoms in total. The standard InChI is InChI=1S/C18H11ClF3N3O5/c19-12-6-10(18(20,21)22)7-25(16(12)28)8-14(26)23-24-15(27)11-5-9-3-1-2-4-13(9)30-17(11)29/h1-7H,8H2,(H,23,26)(H,24,27). The Bertz CT molecular complexity index is 1270. The molecule has 2 heterocycles. The molecule has 1 aromatic carbocycles. The maximum atomic E-state index is 12.8. The van der Waals surface area contributed by atoms with E-state index in [-0.39, 0.29) is 5.58 Å². The maximum Gasteiger partial charge on any atom is 0.417 e. The summed E-state index contributed by atoms with van der Waals surface area (Å²) in [5, 5.41) is -0.269. The molecule has 3 rings (SSSR count). The fourth-order valence-corrected chi connectivity index (χ4v) is 2.71. The molecular weight excluding hydrogens is 431 g/mol. The number of benzene rings is 1. The maximum absolute atomic E-state index is 12.8. The van der Waals surface area contributed by atoms with Crippen molar-refractivity contribution in [2.75, 3.05) is 0 Å². The van der Waals surface area contributed by atoms with E-state index in [9.17, 15) is 32.3 Å². The number of alkyl halides is 3. The second-order valence-electron chi connectivity index (χ2n) is 6.00. The van der Waals surface area contributed by atoms with E-state index < -0.39 is 51.9 Å². The van der Waals surface area contributed by atoms with Gasteiger partial charge in [-0.15, -0.1) is 0 Å². The number of amides is 2. The minimum Gasteiger partial charge on any atom is -0.422 e. The molecule has 0 aliphatic rings. The second-order valence-corrected chi connectivity index (χ2v) is 6.40. The van der Waals surface area contributed by atoms with E-state index in [0.717, 1.165) is 0 Å². The second kappa shape index (κ2) is 8.03. The highest BCUT2D eigenvalue weighted by Gasteiger charge is 2.32. The molecule has 0 saturated carbocycles. The topological polar surface area (TPSA) is 110 Å². The summed E-state index contributed by atoms with van der Waals surface area (Å²) in [5.74, 6) is -2.05. The van der Waals surface area contributed by atoms with E-state index in [1.54, 1.807) is 18.2 Å². The monoisotopic (exact) mass is 441 g/mol. The van der Waals surface area contributed by atoms with E-state index in [0.29, 0.717) is 22.2 Å². The number of hydrogen-bond donors (Lipinski definition) is 2. The van der Waals surface area contributed by atoms with Crippen LogP contribution in [0.5, 0.6) is 0 Å². The molecule has 2 aromatic heterocycles. The van der Waals surface area contributed by atoms with E-state index in [4.69, 9.17) is 16.0 Å². The number of carbonyl (C=O) groups excluding carboxylic acids is 2. The van der Waals surface area contributed by atoms with Gasteiger partial charge in [0.05, 0.1) is 5.56 Å². The van der Waals surface area contributed by atoms with E-state index in [2.05, 4.69) is 0 Å². The Labute approximate surface area is 169 Å². The molecule has 0 aliphatic heterocycles. The number of aromatic nitrogens is 1. The number of para-hydroxylation sites is 1. The van der Waals surface area contributed by atoms with Crippen molar-refractivity contribution in [3.63, 3.8) is 0 Å². The molecule has 0 radical (unpaired) electrons. The van der Waals surface area contributed by atoms with Crippen LogP contribution < -0.4 is 22.0 Å². The van der Waals surface area contributed by atoms with Crippen molar-refractivity contribution >= 4 is 34.4 Å². The van der Waals surface area contributed by atoms with Crippen molar-refractivity contribution in [3.8, 4) is 0 Å². The zero-order valence-electron chi connectivity index (χ0n) is 14.7. The van der Waals surface area contributed by atoms with Crippen LogP contribution in [0.25, 0.3) is 11.0 Å². The first kappa shape index (κ1) is 21.1. The van der Waals surface area contributed by atoms with Crippen molar-refractivity contribution in [1.82, 2.24) is 15.4 Å². The van der Waals surface area contributed by atoms with Crippen molar-refractivity contribution in [2.24, 2.45) is 0 Å². The first-order valence-electron chi connectivity index (χ1n) is 8.15. The van der Waals surface area contributed by atoms with Crippen LogP contribution in [-0.4, -0.2) is 16.4 Å². The lowest BCUT2D eigenvalue weighted by atomic mass is 10.2. The third kappa shape index (κ3) is 4.51. The predicted molar refractivity (Wildman–Crippen MR) is 98.8 cm³/mol. The van der Waals surface area contributed by atoms with Crippen LogP contribution in [0.15, 0.2) is 56.6 Å². The highest BCUT2D eigenvalue weighted by Crippen LogP contribution is 2.29. The van der Waals surface area contributed by atoms with Crippen LogP contribution in [0.2, 0.25) is 5.02 Å². The summed E-state index contributed by atoms with van der Waals surface area (Å²) < 4.78 is 43.9. The Morgan fingerprint density at radius 1 is 1.10 bits per heavy atom. The van der Waals surface area contributed by atoms with Gasteiger partial charge in [0.2, 0.25) is 0 Å². The number of halogens is 4. The average molecular weight is 442 g/mol. The molecule has 0 saturated heterocycles. The van der Waals surface area contributed by atoms with Crippen LogP contribution in [-0.2, 0) is 17.5 Å². The number of carbonyl (C=O) groups is 2. The fourth-order valence-electron chi connectivity index (χ4n) is 2.48. The lowest BCUT2D eigenvalue weighted by Gasteiger charge is -2.12. The molecule has 0 spiro atoms.